The van der Waals surface area contributed by atoms with Gasteiger partial charge in [0.15, 0.2) is 0 Å². The number of carboxylic acid groups (broad SMARTS) is 1. The highest BCUT2D eigenvalue weighted by atomic mass is 19.1. The number of hydrogen-bond acceptors (Lipinski definition) is 4. The maximum absolute atomic E-state index is 12.8. The lowest BCUT2D eigenvalue weighted by molar-refractivity contribution is -0.146. The highest BCUT2D eigenvalue weighted by molar-refractivity contribution is 5.76. The highest BCUT2D eigenvalue weighted by Gasteiger charge is 2.40. The van der Waals surface area contributed by atoms with Crippen LogP contribution in [0, 0.1) is 17.7 Å². The highest BCUT2D eigenvalue weighted by Crippen LogP contribution is 2.33. The zero-order valence-corrected chi connectivity index (χ0v) is 15.3. The number of rotatable bonds is 7. The predicted octanol–water partition coefficient (Wildman–Crippen LogP) is 2.71. The lowest BCUT2D eigenvalue weighted by Gasteiger charge is -2.35. The molecule has 0 spiro atoms. The van der Waals surface area contributed by atoms with E-state index in [1.165, 1.54) is 12.1 Å². The first kappa shape index (κ1) is 19.6. The maximum Gasteiger partial charge on any atom is 0.309 e. The second kappa shape index (κ2) is 9.17. The third-order valence-electron chi connectivity index (χ3n) is 5.43. The third kappa shape index (κ3) is 5.19. The fourth-order valence-corrected chi connectivity index (χ4v) is 3.92. The van der Waals surface area contributed by atoms with Gasteiger partial charge >= 0.3 is 5.97 Å². The van der Waals surface area contributed by atoms with E-state index in [2.05, 4.69) is 0 Å². The molecule has 2 fully saturated rings. The summed E-state index contributed by atoms with van der Waals surface area (Å²) in [5.74, 6) is -0.608. The van der Waals surface area contributed by atoms with Gasteiger partial charge in [0, 0.05) is 26.1 Å². The Balaban J connectivity index is 1.36. The van der Waals surface area contributed by atoms with Crippen molar-refractivity contribution in [2.75, 3.05) is 26.3 Å². The molecule has 2 heterocycles. The number of benzene rings is 1. The maximum atomic E-state index is 12.8. The van der Waals surface area contributed by atoms with Gasteiger partial charge in [-0.25, -0.2) is 4.39 Å². The molecule has 0 radical (unpaired) electrons. The number of carbonyl (C=O) groups excluding carboxylic acids is 1. The van der Waals surface area contributed by atoms with Crippen molar-refractivity contribution in [2.45, 2.75) is 38.2 Å². The molecule has 1 amide bonds. The minimum atomic E-state index is -0.780. The van der Waals surface area contributed by atoms with E-state index in [0.717, 1.165) is 12.8 Å². The molecular formula is C20H26FNO5. The van der Waals surface area contributed by atoms with Crippen LogP contribution in [0.1, 0.15) is 32.1 Å². The molecule has 27 heavy (non-hydrogen) atoms. The topological polar surface area (TPSA) is 76.1 Å². The summed E-state index contributed by atoms with van der Waals surface area (Å²) < 4.78 is 24.0. The van der Waals surface area contributed by atoms with Gasteiger partial charge in [-0.3, -0.25) is 9.59 Å². The monoisotopic (exact) mass is 379 g/mol. The van der Waals surface area contributed by atoms with Gasteiger partial charge in [0.1, 0.15) is 11.6 Å². The Labute approximate surface area is 158 Å². The van der Waals surface area contributed by atoms with Crippen molar-refractivity contribution in [1.29, 1.82) is 0 Å². The summed E-state index contributed by atoms with van der Waals surface area (Å²) in [6, 6.07) is 5.82. The molecule has 1 unspecified atom stereocenters. The van der Waals surface area contributed by atoms with E-state index >= 15 is 0 Å². The van der Waals surface area contributed by atoms with E-state index in [1.54, 1.807) is 12.1 Å². The van der Waals surface area contributed by atoms with Crippen LogP contribution < -0.4 is 4.74 Å². The Morgan fingerprint density at radius 1 is 1.19 bits per heavy atom. The van der Waals surface area contributed by atoms with Crippen LogP contribution in [0.3, 0.4) is 0 Å². The predicted molar refractivity (Wildman–Crippen MR) is 95.9 cm³/mol. The largest absolute Gasteiger partial charge is 0.494 e. The fourth-order valence-electron chi connectivity index (χ4n) is 3.92. The summed E-state index contributed by atoms with van der Waals surface area (Å²) in [6.45, 7) is 2.21. The number of piperidine rings is 1. The minimum absolute atomic E-state index is 0.0956. The lowest BCUT2D eigenvalue weighted by atomic mass is 9.84. The van der Waals surface area contributed by atoms with Crippen molar-refractivity contribution in [1.82, 2.24) is 4.90 Å². The zero-order valence-electron chi connectivity index (χ0n) is 15.3. The first-order valence-electron chi connectivity index (χ1n) is 9.55. The van der Waals surface area contributed by atoms with E-state index in [-0.39, 0.29) is 23.7 Å². The molecule has 2 saturated heterocycles. The lowest BCUT2D eigenvalue weighted by Crippen LogP contribution is -2.43. The van der Waals surface area contributed by atoms with E-state index in [1.807, 2.05) is 4.90 Å². The van der Waals surface area contributed by atoms with Gasteiger partial charge in [0.2, 0.25) is 5.91 Å². The second-order valence-electron chi connectivity index (χ2n) is 7.19. The number of carboxylic acids is 1. The summed E-state index contributed by atoms with van der Waals surface area (Å²) in [4.78, 5) is 25.5. The summed E-state index contributed by atoms with van der Waals surface area (Å²) in [5, 5.41) is 9.30. The molecule has 0 aliphatic carbocycles. The average Bonchev–Trinajstić information content (AvgIpc) is 3.17. The van der Waals surface area contributed by atoms with Crippen LogP contribution in [0.25, 0.3) is 0 Å². The molecule has 2 aliphatic heterocycles. The van der Waals surface area contributed by atoms with Crippen LogP contribution in [0.2, 0.25) is 0 Å². The van der Waals surface area contributed by atoms with Crippen LogP contribution in [-0.2, 0) is 14.3 Å². The summed E-state index contributed by atoms with van der Waals surface area (Å²) >= 11 is 0. The standard InChI is InChI=1S/C20H26FNO5/c21-15-3-5-16(6-4-15)26-12-1-2-18(23)22-10-7-14(8-11-22)19-17(20(24)25)9-13-27-19/h3-6,14,17,19H,1-2,7-13H2,(H,24,25)/t17?,19-/m0/s1. The number of amides is 1. The average molecular weight is 379 g/mol. The minimum Gasteiger partial charge on any atom is -0.494 e. The van der Waals surface area contributed by atoms with Gasteiger partial charge in [-0.1, -0.05) is 0 Å². The van der Waals surface area contributed by atoms with Crippen molar-refractivity contribution in [2.24, 2.45) is 11.8 Å². The molecular weight excluding hydrogens is 353 g/mol. The van der Waals surface area contributed by atoms with Crippen LogP contribution in [0.15, 0.2) is 24.3 Å². The molecule has 6 nitrogen and oxygen atoms in total. The van der Waals surface area contributed by atoms with Gasteiger partial charge in [0.05, 0.1) is 18.6 Å². The quantitative estimate of drug-likeness (QED) is 0.737. The Morgan fingerprint density at radius 2 is 1.89 bits per heavy atom. The second-order valence-corrected chi connectivity index (χ2v) is 7.19. The van der Waals surface area contributed by atoms with Gasteiger partial charge in [-0.2, -0.15) is 0 Å². The number of ether oxygens (including phenoxy) is 2. The molecule has 1 aromatic rings. The molecule has 0 saturated carbocycles. The van der Waals surface area contributed by atoms with Crippen molar-refractivity contribution in [3.8, 4) is 5.75 Å². The van der Waals surface area contributed by atoms with Crippen LogP contribution in [-0.4, -0.2) is 54.3 Å². The smallest absolute Gasteiger partial charge is 0.309 e. The van der Waals surface area contributed by atoms with Gasteiger partial charge < -0.3 is 19.5 Å². The van der Waals surface area contributed by atoms with Crippen LogP contribution >= 0.6 is 0 Å². The third-order valence-corrected chi connectivity index (χ3v) is 5.43. The SMILES string of the molecule is O=C(O)C1CCO[C@H]1C1CCN(C(=O)CCCOc2ccc(F)cc2)CC1. The first-order chi connectivity index (χ1) is 13.0. The molecule has 0 aromatic heterocycles. The zero-order chi connectivity index (χ0) is 19.2. The molecule has 3 rings (SSSR count). The first-order valence-corrected chi connectivity index (χ1v) is 9.55. The van der Waals surface area contributed by atoms with Crippen molar-refractivity contribution in [3.63, 3.8) is 0 Å². The van der Waals surface area contributed by atoms with E-state index < -0.39 is 11.9 Å². The fraction of sp³-hybridized carbons (Fsp3) is 0.600. The normalized spacial score (nSPS) is 23.4. The van der Waals surface area contributed by atoms with Crippen molar-refractivity contribution >= 4 is 11.9 Å². The van der Waals surface area contributed by atoms with Gasteiger partial charge in [0.25, 0.3) is 0 Å². The van der Waals surface area contributed by atoms with E-state index in [9.17, 15) is 19.1 Å². The summed E-state index contributed by atoms with van der Waals surface area (Å²) in [6.07, 6.45) is 2.93. The molecule has 148 valence electrons. The summed E-state index contributed by atoms with van der Waals surface area (Å²) in [7, 11) is 0. The number of hydrogen-bond donors (Lipinski definition) is 1. The number of nitrogens with zero attached hydrogens (tertiary/aromatic N) is 1. The van der Waals surface area contributed by atoms with E-state index in [0.29, 0.717) is 51.3 Å². The number of carbonyl (C=O) groups is 2. The van der Waals surface area contributed by atoms with Gasteiger partial charge in [-0.05, 0) is 55.9 Å². The van der Waals surface area contributed by atoms with Gasteiger partial charge in [-0.15, -0.1) is 0 Å². The molecule has 2 aliphatic rings. The van der Waals surface area contributed by atoms with Crippen molar-refractivity contribution < 1.29 is 28.6 Å². The van der Waals surface area contributed by atoms with Crippen LogP contribution in [0.4, 0.5) is 4.39 Å². The Morgan fingerprint density at radius 3 is 2.56 bits per heavy atom. The molecule has 1 aromatic carbocycles. The number of halogens is 1. The Kier molecular flexibility index (Phi) is 6.66. The van der Waals surface area contributed by atoms with E-state index in [4.69, 9.17) is 9.47 Å². The number of aliphatic carboxylic acids is 1. The molecule has 7 heteroatoms. The van der Waals surface area contributed by atoms with Crippen LogP contribution in [0.5, 0.6) is 5.75 Å². The molecule has 0 bridgehead atoms. The molecule has 2 atom stereocenters. The number of likely N-dealkylation sites (tertiary alicyclic amines) is 1. The molecule has 1 N–H and O–H groups in total. The Bertz CT molecular complexity index is 642. The Hall–Kier alpha value is -2.15. The van der Waals surface area contributed by atoms with Crippen molar-refractivity contribution in [3.05, 3.63) is 30.1 Å². The summed E-state index contributed by atoms with van der Waals surface area (Å²) in [5.41, 5.74) is 0.